The molecule has 0 aliphatic rings. The molecule has 0 saturated carbocycles. The largest absolute Gasteiger partial charge is 0.378 e. The van der Waals surface area contributed by atoms with Crippen molar-refractivity contribution in [1.82, 2.24) is 9.78 Å². The van der Waals surface area contributed by atoms with Crippen molar-refractivity contribution in [3.05, 3.63) is 32.7 Å². The predicted molar refractivity (Wildman–Crippen MR) is 67.3 cm³/mol. The number of hydrogen-bond acceptors (Lipinski definition) is 3. The van der Waals surface area contributed by atoms with E-state index in [4.69, 9.17) is 0 Å². The minimum atomic E-state index is 0.842. The number of nitrogens with one attached hydrogen (secondary N) is 1. The predicted octanol–water partition coefficient (Wildman–Crippen LogP) is 3.16. The third-order valence-corrected chi connectivity index (χ3v) is 3.89. The Bertz CT molecular complexity index is 461. The van der Waals surface area contributed by atoms with Gasteiger partial charge in [-0.15, -0.1) is 11.3 Å². The van der Waals surface area contributed by atoms with E-state index in [1.165, 1.54) is 9.35 Å². The number of rotatable bonds is 3. The lowest BCUT2D eigenvalue weighted by Crippen LogP contribution is -2.00. The molecule has 5 heteroatoms. The summed E-state index contributed by atoms with van der Waals surface area (Å²) >= 11 is 5.16. The average molecular weight is 286 g/mol. The van der Waals surface area contributed by atoms with Crippen LogP contribution in [-0.4, -0.2) is 9.78 Å². The molecule has 0 fully saturated rings. The molecular weight excluding hydrogens is 274 g/mol. The van der Waals surface area contributed by atoms with Gasteiger partial charge in [-0.2, -0.15) is 5.10 Å². The second kappa shape index (κ2) is 4.37. The average Bonchev–Trinajstić information content (AvgIpc) is 2.74. The SMILES string of the molecule is Cc1c(NCc2csc(Br)c2)cnn1C. The van der Waals surface area contributed by atoms with Crippen LogP contribution in [0.5, 0.6) is 0 Å². The Morgan fingerprint density at radius 1 is 1.60 bits per heavy atom. The van der Waals surface area contributed by atoms with E-state index in [1.54, 1.807) is 11.3 Å². The summed E-state index contributed by atoms with van der Waals surface area (Å²) in [5, 5.41) is 9.69. The van der Waals surface area contributed by atoms with E-state index in [-0.39, 0.29) is 0 Å². The van der Waals surface area contributed by atoms with E-state index in [2.05, 4.69) is 44.7 Å². The number of anilines is 1. The normalized spacial score (nSPS) is 10.6. The molecule has 2 aromatic rings. The van der Waals surface area contributed by atoms with Gasteiger partial charge in [0.15, 0.2) is 0 Å². The lowest BCUT2D eigenvalue weighted by Gasteiger charge is -2.03. The maximum Gasteiger partial charge on any atom is 0.0758 e. The van der Waals surface area contributed by atoms with Gasteiger partial charge in [0, 0.05) is 13.6 Å². The first-order valence-electron chi connectivity index (χ1n) is 4.62. The highest BCUT2D eigenvalue weighted by atomic mass is 79.9. The molecule has 80 valence electrons. The van der Waals surface area contributed by atoms with Crippen LogP contribution in [0.3, 0.4) is 0 Å². The summed E-state index contributed by atoms with van der Waals surface area (Å²) in [6, 6.07) is 2.13. The fourth-order valence-corrected chi connectivity index (χ4v) is 2.52. The number of hydrogen-bond donors (Lipinski definition) is 1. The number of nitrogens with zero attached hydrogens (tertiary/aromatic N) is 2. The molecule has 0 atom stereocenters. The maximum atomic E-state index is 4.18. The van der Waals surface area contributed by atoms with Crippen molar-refractivity contribution in [2.75, 3.05) is 5.32 Å². The summed E-state index contributed by atoms with van der Waals surface area (Å²) in [6.45, 7) is 2.90. The Morgan fingerprint density at radius 3 is 2.93 bits per heavy atom. The minimum Gasteiger partial charge on any atom is -0.378 e. The van der Waals surface area contributed by atoms with E-state index >= 15 is 0 Å². The molecule has 2 aromatic heterocycles. The van der Waals surface area contributed by atoms with E-state index in [9.17, 15) is 0 Å². The standard InChI is InChI=1S/C10H12BrN3S/c1-7-9(5-13-14(7)2)12-4-8-3-10(11)15-6-8/h3,5-6,12H,4H2,1-2H3. The Hall–Kier alpha value is -0.810. The number of aryl methyl sites for hydroxylation is 1. The summed E-state index contributed by atoms with van der Waals surface area (Å²) in [5.74, 6) is 0. The molecule has 0 amide bonds. The molecule has 3 nitrogen and oxygen atoms in total. The summed E-state index contributed by atoms with van der Waals surface area (Å²) in [5.41, 5.74) is 3.54. The first-order chi connectivity index (χ1) is 7.16. The van der Waals surface area contributed by atoms with Crippen molar-refractivity contribution >= 4 is 33.0 Å². The van der Waals surface area contributed by atoms with Crippen LogP contribution >= 0.6 is 27.3 Å². The third-order valence-electron chi connectivity index (χ3n) is 2.34. The zero-order chi connectivity index (χ0) is 10.8. The molecule has 0 radical (unpaired) electrons. The Morgan fingerprint density at radius 2 is 2.40 bits per heavy atom. The molecule has 15 heavy (non-hydrogen) atoms. The lowest BCUT2D eigenvalue weighted by atomic mass is 10.3. The highest BCUT2D eigenvalue weighted by molar-refractivity contribution is 9.11. The summed E-state index contributed by atoms with van der Waals surface area (Å²) in [6.07, 6.45) is 1.86. The molecule has 0 bridgehead atoms. The van der Waals surface area contributed by atoms with Crippen LogP contribution in [-0.2, 0) is 13.6 Å². The molecule has 0 aliphatic carbocycles. The van der Waals surface area contributed by atoms with Gasteiger partial charge in [-0.3, -0.25) is 4.68 Å². The van der Waals surface area contributed by atoms with Gasteiger partial charge in [-0.25, -0.2) is 0 Å². The number of thiophene rings is 1. The van der Waals surface area contributed by atoms with Crippen LogP contribution in [0.15, 0.2) is 21.4 Å². The van der Waals surface area contributed by atoms with Crippen LogP contribution in [0, 0.1) is 6.92 Å². The number of halogens is 1. The maximum absolute atomic E-state index is 4.18. The van der Waals surface area contributed by atoms with E-state index < -0.39 is 0 Å². The Balaban J connectivity index is 2.02. The molecule has 0 unspecified atom stereocenters. The van der Waals surface area contributed by atoms with Crippen molar-refractivity contribution in [2.45, 2.75) is 13.5 Å². The van der Waals surface area contributed by atoms with Crippen molar-refractivity contribution in [2.24, 2.45) is 7.05 Å². The highest BCUT2D eigenvalue weighted by Crippen LogP contribution is 2.22. The molecular formula is C10H12BrN3S. The lowest BCUT2D eigenvalue weighted by molar-refractivity contribution is 0.740. The summed E-state index contributed by atoms with van der Waals surface area (Å²) in [7, 11) is 1.95. The van der Waals surface area contributed by atoms with Crippen LogP contribution in [0.1, 0.15) is 11.3 Å². The van der Waals surface area contributed by atoms with Gasteiger partial charge in [0.2, 0.25) is 0 Å². The smallest absolute Gasteiger partial charge is 0.0758 e. The molecule has 2 rings (SSSR count). The van der Waals surface area contributed by atoms with Gasteiger partial charge in [0.05, 0.1) is 21.4 Å². The molecule has 1 N–H and O–H groups in total. The van der Waals surface area contributed by atoms with Gasteiger partial charge in [-0.1, -0.05) is 0 Å². The minimum absolute atomic E-state index is 0.842. The molecule has 0 aromatic carbocycles. The summed E-state index contributed by atoms with van der Waals surface area (Å²) in [4.78, 5) is 0. The van der Waals surface area contributed by atoms with E-state index in [0.717, 1.165) is 17.9 Å². The highest BCUT2D eigenvalue weighted by Gasteiger charge is 2.03. The van der Waals surface area contributed by atoms with Crippen LogP contribution < -0.4 is 5.32 Å². The van der Waals surface area contributed by atoms with Crippen molar-refractivity contribution < 1.29 is 0 Å². The third kappa shape index (κ3) is 2.41. The number of aromatic nitrogens is 2. The van der Waals surface area contributed by atoms with Gasteiger partial charge in [0.25, 0.3) is 0 Å². The first-order valence-corrected chi connectivity index (χ1v) is 6.29. The second-order valence-corrected chi connectivity index (χ2v) is 5.67. The first kappa shape index (κ1) is 10.7. The van der Waals surface area contributed by atoms with Crippen LogP contribution in [0.25, 0.3) is 0 Å². The van der Waals surface area contributed by atoms with E-state index in [0.29, 0.717) is 0 Å². The van der Waals surface area contributed by atoms with Crippen molar-refractivity contribution in [3.8, 4) is 0 Å². The van der Waals surface area contributed by atoms with Crippen LogP contribution in [0.4, 0.5) is 5.69 Å². The van der Waals surface area contributed by atoms with Crippen LogP contribution in [0.2, 0.25) is 0 Å². The van der Waals surface area contributed by atoms with Gasteiger partial charge in [-0.05, 0) is 39.9 Å². The van der Waals surface area contributed by atoms with Crippen molar-refractivity contribution in [3.63, 3.8) is 0 Å². The fraction of sp³-hybridized carbons (Fsp3) is 0.300. The van der Waals surface area contributed by atoms with Gasteiger partial charge >= 0.3 is 0 Å². The van der Waals surface area contributed by atoms with Crippen molar-refractivity contribution in [1.29, 1.82) is 0 Å². The molecule has 0 saturated heterocycles. The van der Waals surface area contributed by atoms with E-state index in [1.807, 2.05) is 17.9 Å². The topological polar surface area (TPSA) is 29.9 Å². The molecule has 0 aliphatic heterocycles. The quantitative estimate of drug-likeness (QED) is 0.939. The fourth-order valence-electron chi connectivity index (χ4n) is 1.31. The molecule has 2 heterocycles. The zero-order valence-electron chi connectivity index (χ0n) is 8.62. The zero-order valence-corrected chi connectivity index (χ0v) is 11.0. The Labute approximate surface area is 101 Å². The van der Waals surface area contributed by atoms with Gasteiger partial charge in [0.1, 0.15) is 0 Å². The monoisotopic (exact) mass is 285 g/mol. The molecule has 0 spiro atoms. The summed E-state index contributed by atoms with van der Waals surface area (Å²) < 4.78 is 3.04. The Kier molecular flexibility index (Phi) is 3.11. The second-order valence-electron chi connectivity index (χ2n) is 3.38. The van der Waals surface area contributed by atoms with Gasteiger partial charge < -0.3 is 5.32 Å².